The average Bonchev–Trinajstić information content (AvgIpc) is 3.03. The number of rotatable bonds is 9. The molecule has 132 valence electrons. The van der Waals surface area contributed by atoms with E-state index in [4.69, 9.17) is 9.15 Å². The van der Waals surface area contributed by atoms with Crippen LogP contribution in [0.1, 0.15) is 72.0 Å². The Morgan fingerprint density at radius 3 is 2.78 bits per heavy atom. The molecule has 0 spiro atoms. The van der Waals surface area contributed by atoms with Crippen LogP contribution in [-0.4, -0.2) is 18.8 Å². The summed E-state index contributed by atoms with van der Waals surface area (Å²) in [5.74, 6) is 1.80. The van der Waals surface area contributed by atoms with E-state index in [1.165, 1.54) is 32.1 Å². The molecule has 3 heteroatoms. The zero-order valence-electron chi connectivity index (χ0n) is 15.5. The van der Waals surface area contributed by atoms with Gasteiger partial charge in [0, 0.05) is 6.61 Å². The smallest absolute Gasteiger partial charge is 0.117 e. The molecule has 1 N–H and O–H groups in total. The zero-order chi connectivity index (χ0) is 16.8. The third-order valence-corrected chi connectivity index (χ3v) is 5.54. The van der Waals surface area contributed by atoms with Gasteiger partial charge in [0.1, 0.15) is 5.76 Å². The van der Waals surface area contributed by atoms with E-state index in [9.17, 15) is 0 Å². The Kier molecular flexibility index (Phi) is 6.72. The van der Waals surface area contributed by atoms with Crippen LogP contribution >= 0.6 is 0 Å². The first-order valence-corrected chi connectivity index (χ1v) is 9.34. The first-order valence-electron chi connectivity index (χ1n) is 9.34. The van der Waals surface area contributed by atoms with Gasteiger partial charge in [-0.3, -0.25) is 0 Å². The molecule has 1 aliphatic rings. The molecule has 1 aromatic heterocycles. The largest absolute Gasteiger partial charge is 0.468 e. The van der Waals surface area contributed by atoms with E-state index in [1.54, 1.807) is 6.26 Å². The Morgan fingerprint density at radius 2 is 2.13 bits per heavy atom. The number of hydrogen-bond donors (Lipinski definition) is 1. The van der Waals surface area contributed by atoms with Crippen LogP contribution in [0.25, 0.3) is 0 Å². The molecule has 1 aliphatic heterocycles. The summed E-state index contributed by atoms with van der Waals surface area (Å²) in [4.78, 5) is 0. The highest BCUT2D eigenvalue weighted by Crippen LogP contribution is 2.46. The molecule has 2 atom stereocenters. The Balaban J connectivity index is 1.90. The highest BCUT2D eigenvalue weighted by Gasteiger charge is 2.41. The van der Waals surface area contributed by atoms with Crippen molar-refractivity contribution in [1.82, 2.24) is 5.32 Å². The minimum absolute atomic E-state index is 0.0657. The lowest BCUT2D eigenvalue weighted by molar-refractivity contribution is -0.123. The molecular formula is C20H35NO2. The van der Waals surface area contributed by atoms with E-state index in [1.807, 2.05) is 12.1 Å². The SMILES string of the molecule is CCC1(C)CC(CCNCc2ccco2)(CCC(C)C)CCO1. The second-order valence-corrected chi connectivity index (χ2v) is 8.02. The maximum Gasteiger partial charge on any atom is 0.117 e. The lowest BCUT2D eigenvalue weighted by Crippen LogP contribution is -2.44. The number of nitrogens with one attached hydrogen (secondary N) is 1. The van der Waals surface area contributed by atoms with E-state index in [0.717, 1.165) is 37.8 Å². The fourth-order valence-electron chi connectivity index (χ4n) is 3.80. The molecule has 23 heavy (non-hydrogen) atoms. The highest BCUT2D eigenvalue weighted by atomic mass is 16.5. The molecule has 0 bridgehead atoms. The van der Waals surface area contributed by atoms with Gasteiger partial charge in [0.25, 0.3) is 0 Å². The van der Waals surface area contributed by atoms with Crippen molar-refractivity contribution >= 4 is 0 Å². The Labute approximate surface area is 142 Å². The summed E-state index contributed by atoms with van der Waals surface area (Å²) in [6.07, 6.45) is 9.13. The van der Waals surface area contributed by atoms with Gasteiger partial charge in [0.2, 0.25) is 0 Å². The van der Waals surface area contributed by atoms with Crippen molar-refractivity contribution < 1.29 is 9.15 Å². The minimum atomic E-state index is 0.0657. The summed E-state index contributed by atoms with van der Waals surface area (Å²) in [5, 5.41) is 3.56. The molecular weight excluding hydrogens is 286 g/mol. The van der Waals surface area contributed by atoms with E-state index < -0.39 is 0 Å². The molecule has 0 aromatic carbocycles. The predicted molar refractivity (Wildman–Crippen MR) is 95.4 cm³/mol. The van der Waals surface area contributed by atoms with Crippen LogP contribution in [0, 0.1) is 11.3 Å². The lowest BCUT2D eigenvalue weighted by atomic mass is 9.67. The van der Waals surface area contributed by atoms with Crippen LogP contribution in [0.2, 0.25) is 0 Å². The standard InChI is InChI=1S/C20H35NO2/c1-5-19(4)16-20(11-14-23-19,9-8-17(2)3)10-12-21-15-18-7-6-13-22-18/h6-7,13,17,21H,5,8-12,14-16H2,1-4H3. The number of ether oxygens (including phenoxy) is 1. The third kappa shape index (κ3) is 5.65. The summed E-state index contributed by atoms with van der Waals surface area (Å²) in [6, 6.07) is 3.98. The average molecular weight is 322 g/mol. The normalized spacial score (nSPS) is 28.4. The molecule has 2 rings (SSSR count). The second kappa shape index (κ2) is 8.34. The van der Waals surface area contributed by atoms with Crippen LogP contribution < -0.4 is 5.32 Å². The first-order chi connectivity index (χ1) is 11.0. The van der Waals surface area contributed by atoms with Crippen LogP contribution in [0.4, 0.5) is 0 Å². The van der Waals surface area contributed by atoms with Crippen molar-refractivity contribution in [3.05, 3.63) is 24.2 Å². The van der Waals surface area contributed by atoms with Gasteiger partial charge in [-0.15, -0.1) is 0 Å². The Bertz CT molecular complexity index is 443. The van der Waals surface area contributed by atoms with Crippen LogP contribution in [-0.2, 0) is 11.3 Å². The first kappa shape index (κ1) is 18.5. The Morgan fingerprint density at radius 1 is 1.30 bits per heavy atom. The van der Waals surface area contributed by atoms with Crippen molar-refractivity contribution in [3.8, 4) is 0 Å². The topological polar surface area (TPSA) is 34.4 Å². The summed E-state index contributed by atoms with van der Waals surface area (Å²) in [5.41, 5.74) is 0.500. The molecule has 2 heterocycles. The van der Waals surface area contributed by atoms with E-state index in [0.29, 0.717) is 5.41 Å². The zero-order valence-corrected chi connectivity index (χ0v) is 15.5. The van der Waals surface area contributed by atoms with Gasteiger partial charge >= 0.3 is 0 Å². The van der Waals surface area contributed by atoms with Crippen LogP contribution in [0.5, 0.6) is 0 Å². The fraction of sp³-hybridized carbons (Fsp3) is 0.800. The molecule has 1 fully saturated rings. The van der Waals surface area contributed by atoms with Crippen molar-refractivity contribution in [2.75, 3.05) is 13.2 Å². The second-order valence-electron chi connectivity index (χ2n) is 8.02. The maximum atomic E-state index is 6.11. The van der Waals surface area contributed by atoms with Gasteiger partial charge in [-0.2, -0.15) is 0 Å². The van der Waals surface area contributed by atoms with Gasteiger partial charge in [-0.25, -0.2) is 0 Å². The van der Waals surface area contributed by atoms with Crippen LogP contribution in [0.15, 0.2) is 22.8 Å². The quantitative estimate of drug-likeness (QED) is 0.638. The van der Waals surface area contributed by atoms with Crippen molar-refractivity contribution in [2.24, 2.45) is 11.3 Å². The minimum Gasteiger partial charge on any atom is -0.468 e. The molecule has 0 amide bonds. The van der Waals surface area contributed by atoms with Gasteiger partial charge < -0.3 is 14.5 Å². The molecule has 1 saturated heterocycles. The molecule has 0 saturated carbocycles. The van der Waals surface area contributed by atoms with Gasteiger partial charge in [0.15, 0.2) is 0 Å². The van der Waals surface area contributed by atoms with Gasteiger partial charge in [0.05, 0.1) is 18.4 Å². The molecule has 0 aliphatic carbocycles. The third-order valence-electron chi connectivity index (χ3n) is 5.54. The van der Waals surface area contributed by atoms with E-state index in [-0.39, 0.29) is 5.60 Å². The summed E-state index contributed by atoms with van der Waals surface area (Å²) < 4.78 is 11.5. The van der Waals surface area contributed by atoms with Gasteiger partial charge in [-0.05, 0) is 69.0 Å². The maximum absolute atomic E-state index is 6.11. The molecule has 3 nitrogen and oxygen atoms in total. The summed E-state index contributed by atoms with van der Waals surface area (Å²) in [6.45, 7) is 12.0. The lowest BCUT2D eigenvalue weighted by Gasteiger charge is -2.47. The molecule has 1 aromatic rings. The highest BCUT2D eigenvalue weighted by molar-refractivity contribution is 4.97. The van der Waals surface area contributed by atoms with Gasteiger partial charge in [-0.1, -0.05) is 27.2 Å². The molecule has 2 unspecified atom stereocenters. The van der Waals surface area contributed by atoms with E-state index in [2.05, 4.69) is 33.0 Å². The fourth-order valence-corrected chi connectivity index (χ4v) is 3.80. The van der Waals surface area contributed by atoms with E-state index >= 15 is 0 Å². The molecule has 0 radical (unpaired) electrons. The van der Waals surface area contributed by atoms with Crippen molar-refractivity contribution in [2.45, 2.75) is 78.4 Å². The number of hydrogen-bond acceptors (Lipinski definition) is 3. The summed E-state index contributed by atoms with van der Waals surface area (Å²) >= 11 is 0. The van der Waals surface area contributed by atoms with Crippen molar-refractivity contribution in [1.29, 1.82) is 0 Å². The predicted octanol–water partition coefficient (Wildman–Crippen LogP) is 5.16. The summed E-state index contributed by atoms with van der Waals surface area (Å²) in [7, 11) is 0. The monoisotopic (exact) mass is 321 g/mol. The number of furan rings is 1. The van der Waals surface area contributed by atoms with Crippen LogP contribution in [0.3, 0.4) is 0 Å². The van der Waals surface area contributed by atoms with Crippen molar-refractivity contribution in [3.63, 3.8) is 0 Å². The Hall–Kier alpha value is -0.800.